The molecule has 1 aliphatic heterocycles. The fourth-order valence-corrected chi connectivity index (χ4v) is 3.93. The van der Waals surface area contributed by atoms with Crippen LogP contribution in [-0.2, 0) is 14.3 Å². The zero-order valence-corrected chi connectivity index (χ0v) is 16.5. The van der Waals surface area contributed by atoms with Crippen LogP contribution in [0.1, 0.15) is 52.9 Å². The summed E-state index contributed by atoms with van der Waals surface area (Å²) in [6, 6.07) is -0.436. The number of methoxy groups -OCH3 is 1. The van der Waals surface area contributed by atoms with E-state index in [4.69, 9.17) is 4.74 Å². The lowest BCUT2D eigenvalue weighted by atomic mass is 9.75. The van der Waals surface area contributed by atoms with Crippen molar-refractivity contribution in [2.75, 3.05) is 33.4 Å². The number of nitrogens with one attached hydrogen (secondary N) is 1. The van der Waals surface area contributed by atoms with Gasteiger partial charge in [-0.05, 0) is 37.5 Å². The van der Waals surface area contributed by atoms with E-state index in [0.717, 1.165) is 24.2 Å². The van der Waals surface area contributed by atoms with E-state index in [0.29, 0.717) is 44.4 Å². The van der Waals surface area contributed by atoms with Crippen LogP contribution in [0, 0.1) is 11.8 Å². The maximum atomic E-state index is 12.9. The van der Waals surface area contributed by atoms with Crippen molar-refractivity contribution in [1.29, 1.82) is 0 Å². The Hall–Kier alpha value is -1.63. The number of imide groups is 1. The summed E-state index contributed by atoms with van der Waals surface area (Å²) in [5, 5.41) is 2.88. The fourth-order valence-electron chi connectivity index (χ4n) is 3.93. The summed E-state index contributed by atoms with van der Waals surface area (Å²) >= 11 is 0. The number of nitrogens with zero attached hydrogens (tertiary/aromatic N) is 2. The van der Waals surface area contributed by atoms with Crippen molar-refractivity contribution < 1.29 is 19.1 Å². The van der Waals surface area contributed by atoms with E-state index in [1.165, 1.54) is 0 Å². The Kier molecular flexibility index (Phi) is 7.03. The van der Waals surface area contributed by atoms with Crippen LogP contribution in [0.15, 0.2) is 0 Å². The van der Waals surface area contributed by atoms with Crippen molar-refractivity contribution >= 4 is 17.8 Å². The van der Waals surface area contributed by atoms with Crippen molar-refractivity contribution in [2.45, 2.75) is 58.4 Å². The van der Waals surface area contributed by atoms with Gasteiger partial charge < -0.3 is 15.0 Å². The summed E-state index contributed by atoms with van der Waals surface area (Å²) in [5.41, 5.74) is -0.793. The Bertz CT molecular complexity index is 527. The van der Waals surface area contributed by atoms with E-state index in [-0.39, 0.29) is 18.4 Å². The van der Waals surface area contributed by atoms with Gasteiger partial charge in [-0.1, -0.05) is 27.2 Å². The average Bonchev–Trinajstić information content (AvgIpc) is 2.83. The van der Waals surface area contributed by atoms with E-state index >= 15 is 0 Å². The summed E-state index contributed by atoms with van der Waals surface area (Å²) in [6.45, 7) is 7.49. The molecular weight excluding hydrogens is 334 g/mol. The third-order valence-electron chi connectivity index (χ3n) is 5.58. The summed E-state index contributed by atoms with van der Waals surface area (Å²) in [4.78, 5) is 40.8. The maximum absolute atomic E-state index is 12.9. The molecule has 0 aromatic heterocycles. The number of hydrogen-bond donors (Lipinski definition) is 1. The van der Waals surface area contributed by atoms with Crippen LogP contribution in [0.5, 0.6) is 0 Å². The number of urea groups is 1. The van der Waals surface area contributed by atoms with E-state index in [1.54, 1.807) is 12.0 Å². The van der Waals surface area contributed by atoms with Gasteiger partial charge in [-0.15, -0.1) is 0 Å². The predicted octanol–water partition coefficient (Wildman–Crippen LogP) is 2.01. The molecule has 148 valence electrons. The predicted molar refractivity (Wildman–Crippen MR) is 98.5 cm³/mol. The van der Waals surface area contributed by atoms with Gasteiger partial charge in [0.25, 0.3) is 5.91 Å². The molecule has 7 heteroatoms. The Morgan fingerprint density at radius 2 is 2.00 bits per heavy atom. The number of carbonyl (C=O) groups excluding carboxylic acids is 3. The van der Waals surface area contributed by atoms with Gasteiger partial charge in [-0.2, -0.15) is 0 Å². The molecule has 2 aliphatic rings. The quantitative estimate of drug-likeness (QED) is 0.666. The lowest BCUT2D eigenvalue weighted by molar-refractivity contribution is -0.140. The van der Waals surface area contributed by atoms with E-state index in [9.17, 15) is 14.4 Å². The first-order valence-electron chi connectivity index (χ1n) is 9.73. The minimum absolute atomic E-state index is 0.194. The van der Waals surface area contributed by atoms with Crippen LogP contribution >= 0.6 is 0 Å². The first kappa shape index (κ1) is 20.7. The molecule has 2 fully saturated rings. The lowest BCUT2D eigenvalue weighted by Crippen LogP contribution is -2.50. The van der Waals surface area contributed by atoms with Gasteiger partial charge >= 0.3 is 6.03 Å². The van der Waals surface area contributed by atoms with Crippen molar-refractivity contribution in [3.05, 3.63) is 0 Å². The highest BCUT2D eigenvalue weighted by atomic mass is 16.5. The molecule has 26 heavy (non-hydrogen) atoms. The third-order valence-corrected chi connectivity index (χ3v) is 5.58. The monoisotopic (exact) mass is 367 g/mol. The zero-order valence-electron chi connectivity index (χ0n) is 16.5. The molecule has 0 atom stereocenters. The minimum atomic E-state index is -0.793. The Morgan fingerprint density at radius 3 is 2.54 bits per heavy atom. The van der Waals surface area contributed by atoms with Gasteiger partial charge in [-0.3, -0.25) is 14.5 Å². The molecule has 1 saturated heterocycles. The molecule has 7 nitrogen and oxygen atoms in total. The number of hydrogen-bond acceptors (Lipinski definition) is 4. The fraction of sp³-hybridized carbons (Fsp3) is 0.842. The molecule has 1 saturated carbocycles. The van der Waals surface area contributed by atoms with Crippen molar-refractivity contribution in [1.82, 2.24) is 15.1 Å². The number of ether oxygens (including phenoxy) is 1. The lowest BCUT2D eigenvalue weighted by Gasteiger charge is -2.34. The molecule has 0 radical (unpaired) electrons. The van der Waals surface area contributed by atoms with Crippen LogP contribution in [0.2, 0.25) is 0 Å². The highest BCUT2D eigenvalue weighted by Crippen LogP contribution is 2.37. The van der Waals surface area contributed by atoms with Crippen LogP contribution in [-0.4, -0.2) is 66.5 Å². The second-order valence-corrected chi connectivity index (χ2v) is 7.98. The highest BCUT2D eigenvalue weighted by molar-refractivity contribution is 6.09. The van der Waals surface area contributed by atoms with Gasteiger partial charge in [-0.25, -0.2) is 4.79 Å². The summed E-state index contributed by atoms with van der Waals surface area (Å²) < 4.78 is 5.07. The molecular formula is C19H33N3O4. The van der Waals surface area contributed by atoms with E-state index < -0.39 is 11.6 Å². The van der Waals surface area contributed by atoms with E-state index in [1.807, 2.05) is 13.8 Å². The summed E-state index contributed by atoms with van der Waals surface area (Å²) in [5.74, 6) is 0.478. The minimum Gasteiger partial charge on any atom is -0.383 e. The Labute approximate surface area is 156 Å². The zero-order chi connectivity index (χ0) is 19.3. The molecule has 1 aliphatic carbocycles. The smallest absolute Gasteiger partial charge is 0.325 e. The van der Waals surface area contributed by atoms with Crippen molar-refractivity contribution in [2.24, 2.45) is 11.8 Å². The molecule has 1 heterocycles. The standard InChI is InChI=1S/C19H33N3O4/c1-5-15-6-8-19(9-7-15)17(24)22(18(25)20-19)13-16(23)21(10-11-26-4)12-14(2)3/h14-15H,5-13H2,1-4H3,(H,20,25). The summed E-state index contributed by atoms with van der Waals surface area (Å²) in [6.07, 6.45) is 4.32. The maximum Gasteiger partial charge on any atom is 0.325 e. The third kappa shape index (κ3) is 4.55. The van der Waals surface area contributed by atoms with Crippen LogP contribution in [0.3, 0.4) is 0 Å². The molecule has 2 rings (SSSR count). The second kappa shape index (κ2) is 8.84. The van der Waals surface area contributed by atoms with Crippen LogP contribution in [0.4, 0.5) is 4.79 Å². The van der Waals surface area contributed by atoms with Gasteiger partial charge in [0.05, 0.1) is 6.61 Å². The summed E-state index contributed by atoms with van der Waals surface area (Å²) in [7, 11) is 1.59. The van der Waals surface area contributed by atoms with Crippen LogP contribution < -0.4 is 5.32 Å². The molecule has 4 amide bonds. The molecule has 0 bridgehead atoms. The first-order valence-corrected chi connectivity index (χ1v) is 9.73. The van der Waals surface area contributed by atoms with Gasteiger partial charge in [0.1, 0.15) is 12.1 Å². The van der Waals surface area contributed by atoms with Crippen molar-refractivity contribution in [3.63, 3.8) is 0 Å². The molecule has 0 aromatic carbocycles. The van der Waals surface area contributed by atoms with Gasteiger partial charge in [0.2, 0.25) is 5.91 Å². The Morgan fingerprint density at radius 1 is 1.35 bits per heavy atom. The normalized spacial score (nSPS) is 25.9. The largest absolute Gasteiger partial charge is 0.383 e. The van der Waals surface area contributed by atoms with Gasteiger partial charge in [0.15, 0.2) is 0 Å². The number of rotatable bonds is 8. The number of amides is 4. The SMILES string of the molecule is CCC1CCC2(CC1)NC(=O)N(CC(=O)N(CCOC)CC(C)C)C2=O. The van der Waals surface area contributed by atoms with Gasteiger partial charge in [0, 0.05) is 20.2 Å². The number of carbonyl (C=O) groups is 3. The highest BCUT2D eigenvalue weighted by Gasteiger charge is 2.52. The van der Waals surface area contributed by atoms with Crippen LogP contribution in [0.25, 0.3) is 0 Å². The van der Waals surface area contributed by atoms with E-state index in [2.05, 4.69) is 12.2 Å². The topological polar surface area (TPSA) is 79.0 Å². The Balaban J connectivity index is 2.02. The first-order chi connectivity index (χ1) is 12.3. The molecule has 0 aromatic rings. The molecule has 0 unspecified atom stereocenters. The molecule has 1 N–H and O–H groups in total. The second-order valence-electron chi connectivity index (χ2n) is 7.98. The molecule has 1 spiro atoms. The van der Waals surface area contributed by atoms with Crippen molar-refractivity contribution in [3.8, 4) is 0 Å². The average molecular weight is 367 g/mol.